The normalized spacial score (nSPS) is 10.3. The van der Waals surface area contributed by atoms with Gasteiger partial charge in [-0.15, -0.1) is 0 Å². The van der Waals surface area contributed by atoms with Gasteiger partial charge < -0.3 is 10.6 Å². The summed E-state index contributed by atoms with van der Waals surface area (Å²) in [6, 6.07) is 11.6. The molecular formula is C13H12ClFN2. The minimum absolute atomic E-state index is 0.310. The third-order valence-electron chi connectivity index (χ3n) is 2.57. The molecule has 0 fully saturated rings. The van der Waals surface area contributed by atoms with Crippen molar-refractivity contribution in [3.8, 4) is 0 Å². The molecule has 2 nitrogen and oxygen atoms in total. The zero-order valence-corrected chi connectivity index (χ0v) is 10.1. The van der Waals surface area contributed by atoms with E-state index >= 15 is 0 Å². The lowest BCUT2D eigenvalue weighted by atomic mass is 10.2. The van der Waals surface area contributed by atoms with Gasteiger partial charge in [0.1, 0.15) is 5.82 Å². The van der Waals surface area contributed by atoms with E-state index in [4.69, 9.17) is 17.3 Å². The Bertz CT molecular complexity index is 525. The molecule has 0 aliphatic carbocycles. The predicted molar refractivity (Wildman–Crippen MR) is 70.3 cm³/mol. The van der Waals surface area contributed by atoms with Gasteiger partial charge in [-0.3, -0.25) is 0 Å². The van der Waals surface area contributed by atoms with Crippen LogP contribution in [0.4, 0.5) is 21.5 Å². The van der Waals surface area contributed by atoms with Crippen molar-refractivity contribution in [2.24, 2.45) is 0 Å². The molecule has 0 atom stereocenters. The molecule has 88 valence electrons. The molecule has 0 bridgehead atoms. The molecule has 2 aromatic rings. The van der Waals surface area contributed by atoms with Gasteiger partial charge in [-0.25, -0.2) is 4.39 Å². The van der Waals surface area contributed by atoms with Crippen molar-refractivity contribution in [1.29, 1.82) is 0 Å². The molecule has 0 spiro atoms. The number of nitrogen functional groups attached to an aromatic ring is 1. The van der Waals surface area contributed by atoms with E-state index in [0.29, 0.717) is 16.4 Å². The molecule has 0 aliphatic rings. The van der Waals surface area contributed by atoms with Gasteiger partial charge in [-0.05, 0) is 42.5 Å². The average Bonchev–Trinajstić information content (AvgIpc) is 2.32. The Hall–Kier alpha value is -1.74. The summed E-state index contributed by atoms with van der Waals surface area (Å²) in [5, 5.41) is 0.661. The Morgan fingerprint density at radius 1 is 1.12 bits per heavy atom. The van der Waals surface area contributed by atoms with Crippen LogP contribution in [0.15, 0.2) is 42.5 Å². The van der Waals surface area contributed by atoms with Crippen molar-refractivity contribution in [2.45, 2.75) is 0 Å². The fraction of sp³-hybridized carbons (Fsp3) is 0.0769. The SMILES string of the molecule is CN(c1ccc(Cl)cc1)c1cc(F)ccc1N. The first-order chi connectivity index (χ1) is 8.08. The van der Waals surface area contributed by atoms with Gasteiger partial charge in [-0.2, -0.15) is 0 Å². The van der Waals surface area contributed by atoms with Gasteiger partial charge in [0.25, 0.3) is 0 Å². The summed E-state index contributed by atoms with van der Waals surface area (Å²) >= 11 is 5.82. The smallest absolute Gasteiger partial charge is 0.125 e. The second kappa shape index (κ2) is 4.63. The summed E-state index contributed by atoms with van der Waals surface area (Å²) in [7, 11) is 1.83. The van der Waals surface area contributed by atoms with Crippen LogP contribution in [0.5, 0.6) is 0 Å². The molecule has 0 amide bonds. The number of hydrogen-bond acceptors (Lipinski definition) is 2. The molecule has 4 heteroatoms. The number of rotatable bonds is 2. The first kappa shape index (κ1) is 11.7. The second-order valence-electron chi connectivity index (χ2n) is 3.74. The van der Waals surface area contributed by atoms with E-state index in [-0.39, 0.29) is 5.82 Å². The number of hydrogen-bond donors (Lipinski definition) is 1. The van der Waals surface area contributed by atoms with E-state index in [1.807, 2.05) is 24.1 Å². The summed E-state index contributed by atoms with van der Waals surface area (Å²) in [5.74, 6) is -0.310. The molecule has 0 unspecified atom stereocenters. The van der Waals surface area contributed by atoms with Crippen LogP contribution in [0, 0.1) is 5.82 Å². The minimum Gasteiger partial charge on any atom is -0.397 e. The lowest BCUT2D eigenvalue weighted by Gasteiger charge is -2.21. The maximum Gasteiger partial charge on any atom is 0.125 e. The molecule has 17 heavy (non-hydrogen) atoms. The summed E-state index contributed by atoms with van der Waals surface area (Å²) in [6.07, 6.45) is 0. The van der Waals surface area contributed by atoms with Crippen LogP contribution in [0.25, 0.3) is 0 Å². The fourth-order valence-corrected chi connectivity index (χ4v) is 1.74. The number of benzene rings is 2. The minimum atomic E-state index is -0.310. The molecule has 2 N–H and O–H groups in total. The van der Waals surface area contributed by atoms with E-state index in [2.05, 4.69) is 0 Å². The summed E-state index contributed by atoms with van der Waals surface area (Å²) in [4.78, 5) is 1.81. The third-order valence-corrected chi connectivity index (χ3v) is 2.82. The fourth-order valence-electron chi connectivity index (χ4n) is 1.61. The van der Waals surface area contributed by atoms with Crippen LogP contribution in [-0.4, -0.2) is 7.05 Å². The van der Waals surface area contributed by atoms with Crippen molar-refractivity contribution < 1.29 is 4.39 Å². The Kier molecular flexibility index (Phi) is 3.20. The number of nitrogens with two attached hydrogens (primary N) is 1. The van der Waals surface area contributed by atoms with Crippen LogP contribution in [0.3, 0.4) is 0 Å². The molecule has 0 saturated heterocycles. The van der Waals surface area contributed by atoms with E-state index in [1.165, 1.54) is 12.1 Å². The molecule has 0 aromatic heterocycles. The largest absolute Gasteiger partial charge is 0.397 e. The Morgan fingerprint density at radius 3 is 2.41 bits per heavy atom. The monoisotopic (exact) mass is 250 g/mol. The number of nitrogens with zero attached hydrogens (tertiary/aromatic N) is 1. The van der Waals surface area contributed by atoms with Crippen molar-refractivity contribution in [3.63, 3.8) is 0 Å². The quantitative estimate of drug-likeness (QED) is 0.821. The number of halogens is 2. The zero-order chi connectivity index (χ0) is 12.4. The Morgan fingerprint density at radius 2 is 1.76 bits per heavy atom. The highest BCUT2D eigenvalue weighted by atomic mass is 35.5. The average molecular weight is 251 g/mol. The van der Waals surface area contributed by atoms with Crippen LogP contribution >= 0.6 is 11.6 Å². The number of anilines is 3. The topological polar surface area (TPSA) is 29.3 Å². The lowest BCUT2D eigenvalue weighted by Crippen LogP contribution is -2.11. The van der Waals surface area contributed by atoms with Gasteiger partial charge in [0.2, 0.25) is 0 Å². The van der Waals surface area contributed by atoms with Crippen molar-refractivity contribution in [1.82, 2.24) is 0 Å². The van der Waals surface area contributed by atoms with Crippen LogP contribution in [0.2, 0.25) is 5.02 Å². The van der Waals surface area contributed by atoms with Gasteiger partial charge >= 0.3 is 0 Å². The maximum atomic E-state index is 13.2. The van der Waals surface area contributed by atoms with Crippen LogP contribution in [-0.2, 0) is 0 Å². The Balaban J connectivity index is 2.39. The molecule has 0 aliphatic heterocycles. The highest BCUT2D eigenvalue weighted by molar-refractivity contribution is 6.30. The lowest BCUT2D eigenvalue weighted by molar-refractivity contribution is 0.628. The van der Waals surface area contributed by atoms with E-state index in [1.54, 1.807) is 18.2 Å². The van der Waals surface area contributed by atoms with Crippen molar-refractivity contribution in [3.05, 3.63) is 53.3 Å². The standard InChI is InChI=1S/C13H12ClFN2/c1-17(11-5-2-9(14)3-6-11)13-8-10(15)4-7-12(13)16/h2-8H,16H2,1H3. The zero-order valence-electron chi connectivity index (χ0n) is 9.32. The van der Waals surface area contributed by atoms with E-state index < -0.39 is 0 Å². The highest BCUT2D eigenvalue weighted by Gasteiger charge is 2.08. The summed E-state index contributed by atoms with van der Waals surface area (Å²) < 4.78 is 13.2. The van der Waals surface area contributed by atoms with Crippen LogP contribution in [0.1, 0.15) is 0 Å². The van der Waals surface area contributed by atoms with Crippen molar-refractivity contribution >= 4 is 28.7 Å². The van der Waals surface area contributed by atoms with Crippen LogP contribution < -0.4 is 10.6 Å². The Labute approximate surface area is 104 Å². The van der Waals surface area contributed by atoms with E-state index in [9.17, 15) is 4.39 Å². The van der Waals surface area contributed by atoms with Gasteiger partial charge in [0, 0.05) is 17.8 Å². The first-order valence-electron chi connectivity index (χ1n) is 5.12. The first-order valence-corrected chi connectivity index (χ1v) is 5.50. The summed E-state index contributed by atoms with van der Waals surface area (Å²) in [5.41, 5.74) is 7.88. The van der Waals surface area contributed by atoms with Gasteiger partial charge in [-0.1, -0.05) is 11.6 Å². The highest BCUT2D eigenvalue weighted by Crippen LogP contribution is 2.30. The van der Waals surface area contributed by atoms with E-state index in [0.717, 1.165) is 5.69 Å². The second-order valence-corrected chi connectivity index (χ2v) is 4.18. The molecule has 2 rings (SSSR count). The molecule has 2 aromatic carbocycles. The molecule has 0 heterocycles. The summed E-state index contributed by atoms with van der Waals surface area (Å²) in [6.45, 7) is 0. The van der Waals surface area contributed by atoms with Gasteiger partial charge in [0.05, 0.1) is 11.4 Å². The molecule has 0 radical (unpaired) electrons. The van der Waals surface area contributed by atoms with Gasteiger partial charge in [0.15, 0.2) is 0 Å². The molecule has 0 saturated carbocycles. The third kappa shape index (κ3) is 2.50. The maximum absolute atomic E-state index is 13.2. The predicted octanol–water partition coefficient (Wildman–Crippen LogP) is 3.83. The van der Waals surface area contributed by atoms with Crippen molar-refractivity contribution in [2.75, 3.05) is 17.7 Å². The molecular weight excluding hydrogens is 239 g/mol.